The molecule has 12 saturated carbocycles. The van der Waals surface area contributed by atoms with E-state index in [2.05, 4.69) is 6.92 Å². The van der Waals surface area contributed by atoms with Gasteiger partial charge in [0.25, 0.3) is 0 Å². The summed E-state index contributed by atoms with van der Waals surface area (Å²) in [5, 5.41) is 2.61. The van der Waals surface area contributed by atoms with Crippen molar-refractivity contribution in [3.05, 3.63) is 0 Å². The van der Waals surface area contributed by atoms with E-state index in [1.807, 2.05) is 0 Å². The molecule has 12 rings (SSSR count). The van der Waals surface area contributed by atoms with Crippen LogP contribution < -0.4 is 0 Å². The molecule has 35 heavy (non-hydrogen) atoms. The summed E-state index contributed by atoms with van der Waals surface area (Å²) in [5.41, 5.74) is 0. The molecule has 12 fully saturated rings. The maximum Gasteiger partial charge on any atom is 0.0818 e. The Morgan fingerprint density at radius 1 is 0.429 bits per heavy atom. The summed E-state index contributed by atoms with van der Waals surface area (Å²) in [6.45, 7) is 2.56. The van der Waals surface area contributed by atoms with Crippen LogP contribution in [0.2, 0.25) is 0 Å². The lowest BCUT2D eigenvalue weighted by atomic mass is 9.54. The highest BCUT2D eigenvalue weighted by atomic mass is 31.2. The molecule has 12 aliphatic carbocycles. The van der Waals surface area contributed by atoms with Gasteiger partial charge in [-0.2, -0.15) is 0 Å². The van der Waals surface area contributed by atoms with Crippen molar-refractivity contribution < 1.29 is 0 Å². The highest BCUT2D eigenvalue weighted by Crippen LogP contribution is 2.96. The molecule has 0 atom stereocenters. The van der Waals surface area contributed by atoms with Crippen molar-refractivity contribution in [3.63, 3.8) is 0 Å². The highest BCUT2D eigenvalue weighted by Gasteiger charge is 2.82. The third-order valence-electron chi connectivity index (χ3n) is 15.3. The Labute approximate surface area is 217 Å². The molecule has 0 unspecified atom stereocenters. The summed E-state index contributed by atoms with van der Waals surface area (Å²) in [6.07, 6.45) is 35.6. The molecule has 194 valence electrons. The average molecular weight is 494 g/mol. The number of rotatable bonds is 6. The molecule has 0 aliphatic heterocycles. The largest absolute Gasteiger partial charge is 0.0818 e. The average Bonchev–Trinajstić information content (AvgIpc) is 2.76. The summed E-state index contributed by atoms with van der Waals surface area (Å²) >= 11 is 0. The van der Waals surface area contributed by atoms with Gasteiger partial charge in [0, 0.05) is 7.26 Å². The zero-order valence-corrected chi connectivity index (χ0v) is 23.9. The summed E-state index contributed by atoms with van der Waals surface area (Å²) in [7, 11) is -1.11. The maximum atomic E-state index is 2.56. The third kappa shape index (κ3) is 2.81. The van der Waals surface area contributed by atoms with Crippen LogP contribution in [0.5, 0.6) is 0 Å². The molecule has 12 bridgehead atoms. The van der Waals surface area contributed by atoms with Gasteiger partial charge in [0.15, 0.2) is 0 Å². The fourth-order valence-corrected chi connectivity index (χ4v) is 26.6. The molecule has 0 aromatic heterocycles. The molecule has 0 spiro atoms. The van der Waals surface area contributed by atoms with Crippen LogP contribution in [0.25, 0.3) is 0 Å². The fraction of sp³-hybridized carbons (Fsp3) is 1.00. The van der Waals surface area contributed by atoms with Crippen LogP contribution >= 0.6 is 7.26 Å². The van der Waals surface area contributed by atoms with Gasteiger partial charge in [-0.3, -0.25) is 0 Å². The quantitative estimate of drug-likeness (QED) is 0.323. The lowest BCUT2D eigenvalue weighted by Gasteiger charge is -2.75. The Morgan fingerprint density at radius 3 is 0.857 bits per heavy atom. The first-order valence-electron chi connectivity index (χ1n) is 16.9. The van der Waals surface area contributed by atoms with Gasteiger partial charge in [0.2, 0.25) is 0 Å². The minimum absolute atomic E-state index is 0.869. The van der Waals surface area contributed by atoms with Gasteiger partial charge in [-0.1, -0.05) is 13.3 Å². The van der Waals surface area contributed by atoms with Crippen molar-refractivity contribution in [1.29, 1.82) is 0 Å². The monoisotopic (exact) mass is 493 g/mol. The molecular weight excluding hydrogens is 439 g/mol. The van der Waals surface area contributed by atoms with Crippen molar-refractivity contribution in [2.45, 2.75) is 151 Å². The van der Waals surface area contributed by atoms with Crippen LogP contribution in [0, 0.1) is 53.3 Å². The smallest absolute Gasteiger partial charge is 0.0652 e. The molecule has 0 nitrogen and oxygen atoms in total. The van der Waals surface area contributed by atoms with Gasteiger partial charge >= 0.3 is 0 Å². The first-order valence-corrected chi connectivity index (χ1v) is 18.9. The molecular formula is C34H54P+. The third-order valence-corrected chi connectivity index (χ3v) is 22.8. The highest BCUT2D eigenvalue weighted by molar-refractivity contribution is 7.80. The van der Waals surface area contributed by atoms with Crippen LogP contribution in [0.4, 0.5) is 0 Å². The van der Waals surface area contributed by atoms with Crippen LogP contribution in [0.3, 0.4) is 0 Å². The second-order valence-corrected chi connectivity index (χ2v) is 22.2. The fourth-order valence-electron chi connectivity index (χ4n) is 16.2. The summed E-state index contributed by atoms with van der Waals surface area (Å²) in [4.78, 5) is 0. The summed E-state index contributed by atoms with van der Waals surface area (Å²) in [6, 6.07) is 0. The summed E-state index contributed by atoms with van der Waals surface area (Å²) in [5.74, 6) is 10.4. The van der Waals surface area contributed by atoms with E-state index in [0.29, 0.717) is 0 Å². The minimum atomic E-state index is -1.11. The van der Waals surface area contributed by atoms with E-state index >= 15 is 0 Å². The van der Waals surface area contributed by atoms with E-state index in [4.69, 9.17) is 0 Å². The molecule has 0 aromatic rings. The first kappa shape index (κ1) is 22.3. The Morgan fingerprint density at radius 2 is 0.657 bits per heavy atom. The van der Waals surface area contributed by atoms with Crippen LogP contribution in [0.1, 0.15) is 135 Å². The predicted octanol–water partition coefficient (Wildman–Crippen LogP) is 9.71. The van der Waals surface area contributed by atoms with E-state index in [0.717, 1.165) is 68.7 Å². The Hall–Kier alpha value is 0.430. The van der Waals surface area contributed by atoms with Gasteiger partial charge in [-0.05, 0) is 175 Å². The van der Waals surface area contributed by atoms with Crippen molar-refractivity contribution in [2.75, 3.05) is 6.16 Å². The van der Waals surface area contributed by atoms with Gasteiger partial charge in [-0.15, -0.1) is 0 Å². The molecule has 0 aromatic carbocycles. The number of hydrogen-bond donors (Lipinski definition) is 0. The van der Waals surface area contributed by atoms with E-state index < -0.39 is 7.26 Å². The normalized spacial score (nSPS) is 60.4. The van der Waals surface area contributed by atoms with Crippen LogP contribution in [-0.4, -0.2) is 21.6 Å². The van der Waals surface area contributed by atoms with Gasteiger partial charge in [-0.25, -0.2) is 0 Å². The number of unbranched alkanes of at least 4 members (excludes halogenated alkanes) is 1. The number of hydrogen-bond acceptors (Lipinski definition) is 0. The SMILES string of the molecule is CCCC[P+](C12CC3CC(CC(C3)C1)C2)(C12CC3CC(CC(C3)C1)C2)C12CC3CC(CC(C3)C1)C2. The lowest BCUT2D eigenvalue weighted by molar-refractivity contribution is -0.00256. The van der Waals surface area contributed by atoms with Crippen molar-refractivity contribution in [3.8, 4) is 0 Å². The van der Waals surface area contributed by atoms with Crippen molar-refractivity contribution >= 4 is 7.26 Å². The molecule has 0 saturated heterocycles. The Balaban J connectivity index is 1.28. The zero-order valence-electron chi connectivity index (χ0n) is 23.0. The van der Waals surface area contributed by atoms with Crippen molar-refractivity contribution in [2.24, 2.45) is 53.3 Å². The molecule has 0 N–H and O–H groups in total. The molecule has 0 radical (unpaired) electrons. The predicted molar refractivity (Wildman–Crippen MR) is 149 cm³/mol. The van der Waals surface area contributed by atoms with E-state index in [-0.39, 0.29) is 0 Å². The zero-order chi connectivity index (χ0) is 23.0. The second-order valence-electron chi connectivity index (χ2n) is 17.3. The Kier molecular flexibility index (Phi) is 4.67. The molecule has 1 heteroatoms. The van der Waals surface area contributed by atoms with Gasteiger partial charge in [0.1, 0.15) is 0 Å². The maximum absolute atomic E-state index is 2.56. The summed E-state index contributed by atoms with van der Waals surface area (Å²) < 4.78 is 0. The van der Waals surface area contributed by atoms with E-state index in [9.17, 15) is 0 Å². The second kappa shape index (κ2) is 7.33. The lowest BCUT2D eigenvalue weighted by Crippen LogP contribution is -2.67. The molecule has 0 heterocycles. The van der Waals surface area contributed by atoms with Crippen LogP contribution in [0.15, 0.2) is 0 Å². The standard InChI is InChI=1S/C34H54P/c1-2-3-4-35(32-14-23-5-24(15-32)7-25(6-23)16-32,33-17-26-8-27(18-33)10-28(9-26)19-33)34-20-29-11-30(21-34)13-31(12-29)22-34/h23-31H,2-22H2,1H3/q+1. The molecule has 12 aliphatic rings. The minimum Gasteiger partial charge on any atom is -0.0652 e. The molecule has 0 amide bonds. The van der Waals surface area contributed by atoms with Gasteiger partial charge in [0.05, 0.1) is 21.6 Å². The van der Waals surface area contributed by atoms with E-state index in [1.165, 1.54) is 6.42 Å². The first-order chi connectivity index (χ1) is 17.0. The van der Waals surface area contributed by atoms with E-state index in [1.54, 1.807) is 128 Å². The van der Waals surface area contributed by atoms with Crippen LogP contribution in [-0.2, 0) is 0 Å². The topological polar surface area (TPSA) is 0 Å². The van der Waals surface area contributed by atoms with Gasteiger partial charge < -0.3 is 0 Å². The Bertz CT molecular complexity index is 668. The van der Waals surface area contributed by atoms with Crippen molar-refractivity contribution in [1.82, 2.24) is 0 Å².